The lowest BCUT2D eigenvalue weighted by Gasteiger charge is -2.06. The molecule has 0 saturated heterocycles. The van der Waals surface area contributed by atoms with Crippen molar-refractivity contribution >= 4 is 17.3 Å². The Morgan fingerprint density at radius 1 is 1.44 bits per heavy atom. The van der Waals surface area contributed by atoms with E-state index in [-0.39, 0.29) is 5.56 Å². The van der Waals surface area contributed by atoms with Crippen molar-refractivity contribution < 1.29 is 14.6 Å². The van der Waals surface area contributed by atoms with Crippen LogP contribution in [0.1, 0.15) is 15.4 Å². The molecular weight excluding hydrogens is 226 g/mol. The number of benzene rings is 1. The topological polar surface area (TPSA) is 59.4 Å². The van der Waals surface area contributed by atoms with Gasteiger partial charge in [-0.1, -0.05) is 12.1 Å². The molecule has 0 saturated carbocycles. The lowest BCUT2D eigenvalue weighted by molar-refractivity contribution is 0.0692. The molecule has 0 fully saturated rings. The second-order valence-electron chi connectivity index (χ2n) is 3.02. The maximum absolute atomic E-state index is 10.9. The van der Waals surface area contributed by atoms with E-state index in [0.29, 0.717) is 12.4 Å². The Labute approximate surface area is 96.1 Å². The van der Waals surface area contributed by atoms with Crippen LogP contribution >= 0.6 is 11.3 Å². The number of carbonyl (C=O) groups is 1. The van der Waals surface area contributed by atoms with Gasteiger partial charge in [0.2, 0.25) is 0 Å². The van der Waals surface area contributed by atoms with Gasteiger partial charge in [0.25, 0.3) is 0 Å². The second-order valence-corrected chi connectivity index (χ2v) is 3.99. The van der Waals surface area contributed by atoms with Gasteiger partial charge in [0, 0.05) is 11.6 Å². The number of aromatic nitrogens is 1. The molecule has 0 atom stereocenters. The summed E-state index contributed by atoms with van der Waals surface area (Å²) in [4.78, 5) is 14.9. The van der Waals surface area contributed by atoms with Gasteiger partial charge in [-0.3, -0.25) is 0 Å². The Bertz CT molecular complexity index is 482. The van der Waals surface area contributed by atoms with Crippen LogP contribution < -0.4 is 4.74 Å². The number of hydrogen-bond acceptors (Lipinski definition) is 4. The summed E-state index contributed by atoms with van der Waals surface area (Å²) in [5.74, 6) is -0.625. The SMILES string of the molecule is O=C(O)c1ccccc1OCc1nccs1. The highest BCUT2D eigenvalue weighted by Gasteiger charge is 2.10. The summed E-state index contributed by atoms with van der Waals surface area (Å²) < 4.78 is 5.41. The predicted octanol–water partition coefficient (Wildman–Crippen LogP) is 2.42. The van der Waals surface area contributed by atoms with E-state index in [2.05, 4.69) is 4.98 Å². The first kappa shape index (κ1) is 10.6. The van der Waals surface area contributed by atoms with Crippen molar-refractivity contribution in [3.8, 4) is 5.75 Å². The molecule has 2 rings (SSSR count). The predicted molar refractivity (Wildman–Crippen MR) is 59.8 cm³/mol. The van der Waals surface area contributed by atoms with Crippen LogP contribution in [0, 0.1) is 0 Å². The molecular formula is C11H9NO3S. The van der Waals surface area contributed by atoms with Crippen molar-refractivity contribution in [3.63, 3.8) is 0 Å². The first-order chi connectivity index (χ1) is 7.77. The van der Waals surface area contributed by atoms with Gasteiger partial charge in [0.15, 0.2) is 0 Å². The summed E-state index contributed by atoms with van der Waals surface area (Å²) in [6.45, 7) is 0.294. The summed E-state index contributed by atoms with van der Waals surface area (Å²) in [6.07, 6.45) is 1.69. The molecule has 1 N–H and O–H groups in total. The van der Waals surface area contributed by atoms with Crippen LogP contribution in [0.25, 0.3) is 0 Å². The molecule has 1 heterocycles. The van der Waals surface area contributed by atoms with E-state index in [1.165, 1.54) is 17.4 Å². The Balaban J connectivity index is 2.12. The Morgan fingerprint density at radius 2 is 2.25 bits per heavy atom. The molecule has 0 aliphatic rings. The molecule has 16 heavy (non-hydrogen) atoms. The Hall–Kier alpha value is -1.88. The van der Waals surface area contributed by atoms with Crippen LogP contribution in [0.2, 0.25) is 0 Å². The number of para-hydroxylation sites is 1. The van der Waals surface area contributed by atoms with E-state index in [1.54, 1.807) is 24.4 Å². The van der Waals surface area contributed by atoms with Crippen molar-refractivity contribution in [2.75, 3.05) is 0 Å². The van der Waals surface area contributed by atoms with Gasteiger partial charge in [-0.25, -0.2) is 9.78 Å². The zero-order valence-electron chi connectivity index (χ0n) is 8.29. The highest BCUT2D eigenvalue weighted by atomic mass is 32.1. The van der Waals surface area contributed by atoms with Crippen LogP contribution in [0.15, 0.2) is 35.8 Å². The average Bonchev–Trinajstić information content (AvgIpc) is 2.79. The number of thiazole rings is 1. The van der Waals surface area contributed by atoms with Gasteiger partial charge in [0.05, 0.1) is 0 Å². The standard InChI is InChI=1S/C11H9NO3S/c13-11(14)8-3-1-2-4-9(8)15-7-10-12-5-6-16-10/h1-6H,7H2,(H,13,14). The summed E-state index contributed by atoms with van der Waals surface area (Å²) >= 11 is 1.47. The summed E-state index contributed by atoms with van der Waals surface area (Å²) in [6, 6.07) is 6.56. The largest absolute Gasteiger partial charge is 0.486 e. The molecule has 0 unspecified atom stereocenters. The molecule has 0 aliphatic heterocycles. The summed E-state index contributed by atoms with van der Waals surface area (Å²) in [5.41, 5.74) is 0.166. The minimum absolute atomic E-state index is 0.166. The van der Waals surface area contributed by atoms with E-state index in [0.717, 1.165) is 5.01 Å². The van der Waals surface area contributed by atoms with Crippen molar-refractivity contribution in [3.05, 3.63) is 46.4 Å². The zero-order valence-corrected chi connectivity index (χ0v) is 9.11. The van der Waals surface area contributed by atoms with Crippen molar-refractivity contribution in [2.45, 2.75) is 6.61 Å². The number of nitrogens with zero attached hydrogens (tertiary/aromatic N) is 1. The third-order valence-corrected chi connectivity index (χ3v) is 2.71. The Morgan fingerprint density at radius 3 is 2.94 bits per heavy atom. The molecule has 0 bridgehead atoms. The Kier molecular flexibility index (Phi) is 3.16. The van der Waals surface area contributed by atoms with Gasteiger partial charge in [-0.05, 0) is 12.1 Å². The zero-order chi connectivity index (χ0) is 11.4. The maximum Gasteiger partial charge on any atom is 0.339 e. The first-order valence-electron chi connectivity index (χ1n) is 4.61. The fourth-order valence-corrected chi connectivity index (χ4v) is 1.76. The average molecular weight is 235 g/mol. The maximum atomic E-state index is 10.9. The van der Waals surface area contributed by atoms with Crippen LogP contribution in [0.4, 0.5) is 0 Å². The molecule has 0 radical (unpaired) electrons. The van der Waals surface area contributed by atoms with Gasteiger partial charge in [0.1, 0.15) is 22.9 Å². The highest BCUT2D eigenvalue weighted by Crippen LogP contribution is 2.19. The second kappa shape index (κ2) is 4.76. The molecule has 1 aromatic carbocycles. The lowest BCUT2D eigenvalue weighted by Crippen LogP contribution is -2.02. The number of hydrogen-bond donors (Lipinski definition) is 1. The minimum atomic E-state index is -0.991. The summed E-state index contributed by atoms with van der Waals surface area (Å²) in [7, 11) is 0. The molecule has 5 heteroatoms. The van der Waals surface area contributed by atoms with Crippen LogP contribution in [-0.2, 0) is 6.61 Å². The normalized spacial score (nSPS) is 10.0. The number of ether oxygens (including phenoxy) is 1. The van der Waals surface area contributed by atoms with E-state index in [9.17, 15) is 4.79 Å². The number of carboxylic acid groups (broad SMARTS) is 1. The monoisotopic (exact) mass is 235 g/mol. The summed E-state index contributed by atoms with van der Waals surface area (Å²) in [5, 5.41) is 11.6. The fourth-order valence-electron chi connectivity index (χ4n) is 1.23. The first-order valence-corrected chi connectivity index (χ1v) is 5.49. The van der Waals surface area contributed by atoms with Crippen LogP contribution in [0.5, 0.6) is 5.75 Å². The van der Waals surface area contributed by atoms with Crippen molar-refractivity contribution in [2.24, 2.45) is 0 Å². The van der Waals surface area contributed by atoms with Gasteiger partial charge >= 0.3 is 5.97 Å². The highest BCUT2D eigenvalue weighted by molar-refractivity contribution is 7.09. The van der Waals surface area contributed by atoms with E-state index in [1.807, 2.05) is 5.38 Å². The lowest BCUT2D eigenvalue weighted by atomic mass is 10.2. The van der Waals surface area contributed by atoms with Crippen LogP contribution in [-0.4, -0.2) is 16.1 Å². The molecule has 1 aromatic heterocycles. The van der Waals surface area contributed by atoms with Gasteiger partial charge in [-0.15, -0.1) is 11.3 Å². The van der Waals surface area contributed by atoms with Gasteiger partial charge in [-0.2, -0.15) is 0 Å². The molecule has 0 spiro atoms. The van der Waals surface area contributed by atoms with Crippen molar-refractivity contribution in [1.82, 2.24) is 4.98 Å². The molecule has 2 aromatic rings. The smallest absolute Gasteiger partial charge is 0.339 e. The molecule has 4 nitrogen and oxygen atoms in total. The molecule has 0 amide bonds. The third kappa shape index (κ3) is 2.38. The quantitative estimate of drug-likeness (QED) is 0.884. The third-order valence-electron chi connectivity index (χ3n) is 1.95. The van der Waals surface area contributed by atoms with E-state index in [4.69, 9.17) is 9.84 Å². The molecule has 82 valence electrons. The number of rotatable bonds is 4. The number of carboxylic acids is 1. The number of aromatic carboxylic acids is 1. The van der Waals surface area contributed by atoms with Crippen molar-refractivity contribution in [1.29, 1.82) is 0 Å². The van der Waals surface area contributed by atoms with Gasteiger partial charge < -0.3 is 9.84 Å². The fraction of sp³-hybridized carbons (Fsp3) is 0.0909. The van der Waals surface area contributed by atoms with Crippen LogP contribution in [0.3, 0.4) is 0 Å². The molecule has 0 aliphatic carbocycles. The minimum Gasteiger partial charge on any atom is -0.486 e. The van der Waals surface area contributed by atoms with E-state index < -0.39 is 5.97 Å². The van der Waals surface area contributed by atoms with E-state index >= 15 is 0 Å².